The lowest BCUT2D eigenvalue weighted by Gasteiger charge is -2.06. The van der Waals surface area contributed by atoms with Gasteiger partial charge in [-0.1, -0.05) is 0 Å². The van der Waals surface area contributed by atoms with Crippen LogP contribution >= 0.6 is 11.8 Å². The maximum absolute atomic E-state index is 12.1. The number of carbonyl (C=O) groups is 1. The average molecular weight is 312 g/mol. The molecule has 0 aliphatic heterocycles. The number of carbonyl (C=O) groups excluding carboxylic acids is 1. The lowest BCUT2D eigenvalue weighted by molar-refractivity contribution is 0.0734. The lowest BCUT2D eigenvalue weighted by atomic mass is 10.2. The molecule has 0 amide bonds. The molecule has 0 radical (unpaired) electrons. The molecule has 0 aliphatic rings. The van der Waals surface area contributed by atoms with Crippen LogP contribution in [-0.4, -0.2) is 32.4 Å². The number of hydrogen-bond acceptors (Lipinski definition) is 6. The molecule has 110 valence electrons. The number of esters is 1. The van der Waals surface area contributed by atoms with Crippen LogP contribution < -0.4 is 4.74 Å². The van der Waals surface area contributed by atoms with Gasteiger partial charge in [0.15, 0.2) is 0 Å². The van der Waals surface area contributed by atoms with Crippen molar-refractivity contribution in [2.75, 3.05) is 6.26 Å². The van der Waals surface area contributed by atoms with Crippen LogP contribution in [0.2, 0.25) is 0 Å². The van der Waals surface area contributed by atoms with Gasteiger partial charge < -0.3 is 4.74 Å². The maximum atomic E-state index is 12.1. The Labute approximate surface area is 131 Å². The van der Waals surface area contributed by atoms with Gasteiger partial charge >= 0.3 is 5.97 Å². The molecule has 0 fully saturated rings. The standard InChI is InChI=1S/C15H12N4O2S/c1-22-14-8-2-11(3-9-14)15(20)21-13-6-4-12(5-7-13)19-10-16-17-18-19/h2-10H,1H3. The summed E-state index contributed by atoms with van der Waals surface area (Å²) in [6, 6.07) is 14.2. The van der Waals surface area contributed by atoms with E-state index in [2.05, 4.69) is 15.5 Å². The second kappa shape index (κ2) is 6.40. The molecule has 2 aromatic carbocycles. The first-order valence-corrected chi connectivity index (χ1v) is 7.68. The Morgan fingerprint density at radius 3 is 2.41 bits per heavy atom. The van der Waals surface area contributed by atoms with E-state index >= 15 is 0 Å². The van der Waals surface area contributed by atoms with Gasteiger partial charge in [-0.25, -0.2) is 9.48 Å². The Morgan fingerprint density at radius 1 is 1.09 bits per heavy atom. The zero-order chi connectivity index (χ0) is 15.4. The first-order valence-electron chi connectivity index (χ1n) is 6.46. The van der Waals surface area contributed by atoms with Crippen molar-refractivity contribution in [3.8, 4) is 11.4 Å². The van der Waals surface area contributed by atoms with Crippen LogP contribution in [0.15, 0.2) is 59.8 Å². The largest absolute Gasteiger partial charge is 0.423 e. The van der Waals surface area contributed by atoms with E-state index < -0.39 is 0 Å². The second-order valence-corrected chi connectivity index (χ2v) is 5.25. The smallest absolute Gasteiger partial charge is 0.343 e. The van der Waals surface area contributed by atoms with E-state index in [-0.39, 0.29) is 5.97 Å². The molecule has 0 atom stereocenters. The van der Waals surface area contributed by atoms with Crippen LogP contribution in [0.1, 0.15) is 10.4 Å². The van der Waals surface area contributed by atoms with E-state index in [4.69, 9.17) is 4.74 Å². The molecule has 0 unspecified atom stereocenters. The third-order valence-corrected chi connectivity index (χ3v) is 3.73. The quantitative estimate of drug-likeness (QED) is 0.419. The van der Waals surface area contributed by atoms with Crippen LogP contribution in [-0.2, 0) is 0 Å². The molecule has 6 nitrogen and oxygen atoms in total. The molecule has 3 aromatic rings. The fourth-order valence-electron chi connectivity index (χ4n) is 1.84. The average Bonchev–Trinajstić information content (AvgIpc) is 3.10. The summed E-state index contributed by atoms with van der Waals surface area (Å²) in [6.07, 6.45) is 3.48. The summed E-state index contributed by atoms with van der Waals surface area (Å²) < 4.78 is 6.86. The maximum Gasteiger partial charge on any atom is 0.343 e. The van der Waals surface area contributed by atoms with E-state index in [0.717, 1.165) is 10.6 Å². The third kappa shape index (κ3) is 3.15. The van der Waals surface area contributed by atoms with E-state index in [1.165, 1.54) is 11.0 Å². The molecule has 0 saturated heterocycles. The molecular formula is C15H12N4O2S. The molecule has 0 N–H and O–H groups in total. The molecule has 0 aliphatic carbocycles. The van der Waals surface area contributed by atoms with Crippen LogP contribution in [0.4, 0.5) is 0 Å². The monoisotopic (exact) mass is 312 g/mol. The molecular weight excluding hydrogens is 300 g/mol. The summed E-state index contributed by atoms with van der Waals surface area (Å²) in [7, 11) is 0. The predicted octanol–water partition coefficient (Wildman–Crippen LogP) is 2.60. The van der Waals surface area contributed by atoms with E-state index in [9.17, 15) is 4.79 Å². The minimum atomic E-state index is -0.386. The Kier molecular flexibility index (Phi) is 4.15. The van der Waals surface area contributed by atoms with Crippen molar-refractivity contribution in [3.63, 3.8) is 0 Å². The number of thioether (sulfide) groups is 1. The second-order valence-electron chi connectivity index (χ2n) is 4.37. The molecule has 0 bridgehead atoms. The van der Waals surface area contributed by atoms with Gasteiger partial charge in [-0.05, 0) is 65.2 Å². The molecule has 7 heteroatoms. The molecule has 0 spiro atoms. The summed E-state index contributed by atoms with van der Waals surface area (Å²) in [5.74, 6) is 0.0820. The number of ether oxygens (including phenoxy) is 1. The van der Waals surface area contributed by atoms with Crippen molar-refractivity contribution in [2.45, 2.75) is 4.90 Å². The van der Waals surface area contributed by atoms with E-state index in [0.29, 0.717) is 11.3 Å². The summed E-state index contributed by atoms with van der Waals surface area (Å²) in [6.45, 7) is 0. The van der Waals surface area contributed by atoms with E-state index in [1.54, 1.807) is 48.2 Å². The highest BCUT2D eigenvalue weighted by Crippen LogP contribution is 2.18. The van der Waals surface area contributed by atoms with Crippen molar-refractivity contribution in [1.29, 1.82) is 0 Å². The van der Waals surface area contributed by atoms with E-state index in [1.807, 2.05) is 18.4 Å². The lowest BCUT2D eigenvalue weighted by Crippen LogP contribution is -2.08. The van der Waals surface area contributed by atoms with Crippen LogP contribution in [0.25, 0.3) is 5.69 Å². The van der Waals surface area contributed by atoms with Gasteiger partial charge in [0.05, 0.1) is 11.3 Å². The highest BCUT2D eigenvalue weighted by atomic mass is 32.2. The van der Waals surface area contributed by atoms with Crippen molar-refractivity contribution >= 4 is 17.7 Å². The minimum absolute atomic E-state index is 0.386. The number of rotatable bonds is 4. The van der Waals surface area contributed by atoms with Gasteiger partial charge in [0.25, 0.3) is 0 Å². The van der Waals surface area contributed by atoms with Crippen molar-refractivity contribution in [3.05, 3.63) is 60.4 Å². The summed E-state index contributed by atoms with van der Waals surface area (Å²) in [4.78, 5) is 13.2. The fourth-order valence-corrected chi connectivity index (χ4v) is 2.25. The highest BCUT2D eigenvalue weighted by molar-refractivity contribution is 7.98. The Balaban J connectivity index is 1.71. The highest BCUT2D eigenvalue weighted by Gasteiger charge is 2.08. The summed E-state index contributed by atoms with van der Waals surface area (Å²) in [5.41, 5.74) is 1.30. The van der Waals surface area contributed by atoms with Crippen LogP contribution in [0.3, 0.4) is 0 Å². The van der Waals surface area contributed by atoms with Crippen LogP contribution in [0, 0.1) is 0 Å². The van der Waals surface area contributed by atoms with Gasteiger partial charge in [-0.15, -0.1) is 16.9 Å². The van der Waals surface area contributed by atoms with Crippen molar-refractivity contribution < 1.29 is 9.53 Å². The number of nitrogens with zero attached hydrogens (tertiary/aromatic N) is 4. The first kappa shape index (κ1) is 14.3. The number of benzene rings is 2. The predicted molar refractivity (Wildman–Crippen MR) is 82.3 cm³/mol. The van der Waals surface area contributed by atoms with Gasteiger partial charge in [0.2, 0.25) is 0 Å². The molecule has 1 heterocycles. The fraction of sp³-hybridized carbons (Fsp3) is 0.0667. The Bertz CT molecular complexity index is 755. The molecule has 0 saturated carbocycles. The number of aromatic nitrogens is 4. The molecule has 3 rings (SSSR count). The summed E-state index contributed by atoms with van der Waals surface area (Å²) >= 11 is 1.62. The van der Waals surface area contributed by atoms with Crippen LogP contribution in [0.5, 0.6) is 5.75 Å². The van der Waals surface area contributed by atoms with Gasteiger partial charge in [0.1, 0.15) is 12.1 Å². The Morgan fingerprint density at radius 2 is 1.82 bits per heavy atom. The van der Waals surface area contributed by atoms with Gasteiger partial charge in [-0.3, -0.25) is 0 Å². The first-order chi connectivity index (χ1) is 10.8. The van der Waals surface area contributed by atoms with Gasteiger partial charge in [0, 0.05) is 4.90 Å². The zero-order valence-corrected chi connectivity index (χ0v) is 12.5. The molecule has 1 aromatic heterocycles. The normalized spacial score (nSPS) is 10.4. The molecule has 22 heavy (non-hydrogen) atoms. The zero-order valence-electron chi connectivity index (χ0n) is 11.7. The Hall–Kier alpha value is -2.67. The van der Waals surface area contributed by atoms with Crippen molar-refractivity contribution in [2.24, 2.45) is 0 Å². The minimum Gasteiger partial charge on any atom is -0.423 e. The topological polar surface area (TPSA) is 69.9 Å². The number of hydrogen-bond donors (Lipinski definition) is 0. The SMILES string of the molecule is CSc1ccc(C(=O)Oc2ccc(-n3cnnn3)cc2)cc1. The third-order valence-electron chi connectivity index (χ3n) is 2.99. The number of tetrazole rings is 1. The van der Waals surface area contributed by atoms with Gasteiger partial charge in [-0.2, -0.15) is 0 Å². The van der Waals surface area contributed by atoms with Crippen molar-refractivity contribution in [1.82, 2.24) is 20.2 Å². The summed E-state index contributed by atoms with van der Waals surface area (Å²) in [5, 5.41) is 10.9.